The summed E-state index contributed by atoms with van der Waals surface area (Å²) in [7, 11) is 4.32. The lowest BCUT2D eigenvalue weighted by atomic mass is 9.67. The lowest BCUT2D eigenvalue weighted by Gasteiger charge is -2.46. The monoisotopic (exact) mass is 545 g/mol. The van der Waals surface area contributed by atoms with Gasteiger partial charge in [-0.15, -0.1) is 0 Å². The molecule has 2 aromatic rings. The normalized spacial score (nSPS) is 26.4. The van der Waals surface area contributed by atoms with Gasteiger partial charge in [0.1, 0.15) is 12.4 Å². The Kier molecular flexibility index (Phi) is 7.17. The summed E-state index contributed by atoms with van der Waals surface area (Å²) >= 11 is 0. The topological polar surface area (TPSA) is 109 Å². The minimum Gasteiger partial charge on any atom is -0.465 e. The summed E-state index contributed by atoms with van der Waals surface area (Å²) in [6.07, 6.45) is 5.25. The maximum Gasteiger partial charge on any atom is 0.407 e. The number of likely N-dealkylation sites (tertiary alicyclic amines) is 1. The predicted octanol–water partition coefficient (Wildman–Crippen LogP) is 3.20. The first kappa shape index (κ1) is 26.6. The molecule has 4 heterocycles. The van der Waals surface area contributed by atoms with E-state index in [2.05, 4.69) is 59.1 Å². The molecule has 1 spiro atoms. The van der Waals surface area contributed by atoms with Crippen LogP contribution in [0, 0.1) is 16.7 Å². The van der Waals surface area contributed by atoms with Gasteiger partial charge in [-0.1, -0.05) is 18.2 Å². The van der Waals surface area contributed by atoms with Crippen molar-refractivity contribution < 1.29 is 14.6 Å². The van der Waals surface area contributed by atoms with Gasteiger partial charge < -0.3 is 29.4 Å². The van der Waals surface area contributed by atoms with Gasteiger partial charge >= 0.3 is 12.1 Å². The summed E-state index contributed by atoms with van der Waals surface area (Å²) in [5, 5.41) is 19.1. The Morgan fingerprint density at radius 1 is 1.18 bits per heavy atom. The Morgan fingerprint density at radius 2 is 2.02 bits per heavy atom. The van der Waals surface area contributed by atoms with Crippen molar-refractivity contribution in [2.24, 2.45) is 5.41 Å². The summed E-state index contributed by atoms with van der Waals surface area (Å²) in [5.41, 5.74) is 5.00. The van der Waals surface area contributed by atoms with E-state index in [4.69, 9.17) is 14.7 Å². The van der Waals surface area contributed by atoms with Crippen LogP contribution in [0.1, 0.15) is 42.5 Å². The molecule has 0 radical (unpaired) electrons. The fraction of sp³-hybridized carbons (Fsp3) is 0.600. The number of carbonyl (C=O) groups is 1. The number of ether oxygens (including phenoxy) is 1. The maximum absolute atomic E-state index is 11.8. The first-order chi connectivity index (χ1) is 19.4. The zero-order valence-electron chi connectivity index (χ0n) is 23.6. The van der Waals surface area contributed by atoms with Crippen molar-refractivity contribution in [3.63, 3.8) is 0 Å². The molecule has 1 amide bonds. The van der Waals surface area contributed by atoms with Gasteiger partial charge in [0, 0.05) is 50.5 Å². The van der Waals surface area contributed by atoms with E-state index in [9.17, 15) is 15.2 Å². The standard InChI is InChI=1S/C30H39N7O3/c1-34-13-5-7-23(34)19-40-28-32-25-17-30(16-21-6-3-4-8-26(21)35(2)20-30)11-9-24(25)27(33-28)36-14-15-37(29(38)39)22(18-36)10-12-31/h3-4,6,8,22-23H,5,7,9-11,13-20H2,1-2H3,(H,38,39)/t22-,23-,30+/m0/s1. The zero-order chi connectivity index (χ0) is 27.9. The van der Waals surface area contributed by atoms with Crippen molar-refractivity contribution in [2.45, 2.75) is 57.0 Å². The molecule has 40 heavy (non-hydrogen) atoms. The van der Waals surface area contributed by atoms with E-state index in [1.165, 1.54) is 22.6 Å². The van der Waals surface area contributed by atoms with Gasteiger partial charge in [-0.2, -0.15) is 15.2 Å². The number of rotatable bonds is 5. The van der Waals surface area contributed by atoms with Crippen LogP contribution >= 0.6 is 0 Å². The van der Waals surface area contributed by atoms with Crippen LogP contribution in [0.25, 0.3) is 0 Å². The second-order valence-corrected chi connectivity index (χ2v) is 12.1. The fourth-order valence-corrected chi connectivity index (χ4v) is 7.36. The van der Waals surface area contributed by atoms with Crippen molar-refractivity contribution in [1.29, 1.82) is 5.26 Å². The molecule has 10 nitrogen and oxygen atoms in total. The van der Waals surface area contributed by atoms with E-state index in [0.29, 0.717) is 38.3 Å². The van der Waals surface area contributed by atoms with Gasteiger partial charge in [0.2, 0.25) is 0 Å². The maximum atomic E-state index is 11.8. The molecular weight excluding hydrogens is 506 g/mol. The van der Waals surface area contributed by atoms with Crippen LogP contribution in [0.15, 0.2) is 24.3 Å². The number of fused-ring (bicyclic) bond motifs is 2. The van der Waals surface area contributed by atoms with Crippen molar-refractivity contribution >= 4 is 17.6 Å². The lowest BCUT2D eigenvalue weighted by molar-refractivity contribution is 0.118. The van der Waals surface area contributed by atoms with Gasteiger partial charge in [0.15, 0.2) is 0 Å². The smallest absolute Gasteiger partial charge is 0.407 e. The van der Waals surface area contributed by atoms with Crippen molar-refractivity contribution in [3.8, 4) is 12.1 Å². The third-order valence-electron chi connectivity index (χ3n) is 9.47. The summed E-state index contributed by atoms with van der Waals surface area (Å²) in [6, 6.07) is 11.2. The highest BCUT2D eigenvalue weighted by Crippen LogP contribution is 2.46. The van der Waals surface area contributed by atoms with Crippen LogP contribution < -0.4 is 14.5 Å². The highest BCUT2D eigenvalue weighted by atomic mass is 16.5. The zero-order valence-corrected chi connectivity index (χ0v) is 23.6. The SMILES string of the molecule is CN1C[C@]2(CCc3c(nc(OC[C@@H]4CCCN4C)nc3N3CCN(C(=O)O)[C@@H](CC#N)C3)C2)Cc2ccccc21. The number of anilines is 2. The molecule has 0 unspecified atom stereocenters. The number of nitriles is 1. The molecule has 1 N–H and O–H groups in total. The minimum absolute atomic E-state index is 0.0933. The molecule has 0 saturated carbocycles. The van der Waals surface area contributed by atoms with Gasteiger partial charge in [-0.25, -0.2) is 4.79 Å². The molecular formula is C30H39N7O3. The number of nitrogens with zero attached hydrogens (tertiary/aromatic N) is 7. The summed E-state index contributed by atoms with van der Waals surface area (Å²) in [5.74, 6) is 0.854. The van der Waals surface area contributed by atoms with Gasteiger partial charge in [0.25, 0.3) is 0 Å². The first-order valence-corrected chi connectivity index (χ1v) is 14.5. The number of benzene rings is 1. The number of carboxylic acid groups (broad SMARTS) is 1. The van der Waals surface area contributed by atoms with Crippen molar-refractivity contribution in [3.05, 3.63) is 41.1 Å². The molecule has 1 aromatic carbocycles. The van der Waals surface area contributed by atoms with Gasteiger partial charge in [0.05, 0.1) is 24.2 Å². The van der Waals surface area contributed by atoms with E-state index >= 15 is 0 Å². The van der Waals surface area contributed by atoms with E-state index in [-0.39, 0.29) is 11.8 Å². The quantitative estimate of drug-likeness (QED) is 0.606. The number of para-hydroxylation sites is 1. The molecule has 3 atom stereocenters. The van der Waals surface area contributed by atoms with Crippen LogP contribution in [0.5, 0.6) is 6.01 Å². The number of piperazine rings is 1. The Morgan fingerprint density at radius 3 is 2.80 bits per heavy atom. The van der Waals surface area contributed by atoms with Crippen LogP contribution in [0.2, 0.25) is 0 Å². The molecule has 212 valence electrons. The summed E-state index contributed by atoms with van der Waals surface area (Å²) in [6.45, 7) is 3.93. The lowest BCUT2D eigenvalue weighted by Crippen LogP contribution is -2.55. The van der Waals surface area contributed by atoms with E-state index in [0.717, 1.165) is 62.3 Å². The largest absolute Gasteiger partial charge is 0.465 e. The Balaban J connectivity index is 1.32. The number of hydrogen-bond donors (Lipinski definition) is 1. The highest BCUT2D eigenvalue weighted by molar-refractivity contribution is 5.66. The molecule has 10 heteroatoms. The molecule has 6 rings (SSSR count). The molecule has 0 bridgehead atoms. The molecule has 2 fully saturated rings. The molecule has 3 aliphatic heterocycles. The Bertz CT molecular complexity index is 1310. The van der Waals surface area contributed by atoms with Crippen LogP contribution in [-0.4, -0.2) is 96.5 Å². The van der Waals surface area contributed by atoms with Crippen LogP contribution in [0.4, 0.5) is 16.3 Å². The average Bonchev–Trinajstić information content (AvgIpc) is 3.35. The van der Waals surface area contributed by atoms with Crippen LogP contribution in [-0.2, 0) is 19.3 Å². The Labute approximate surface area is 236 Å². The number of aromatic nitrogens is 2. The number of hydrogen-bond acceptors (Lipinski definition) is 8. The molecule has 2 saturated heterocycles. The molecule has 4 aliphatic rings. The third-order valence-corrected chi connectivity index (χ3v) is 9.47. The first-order valence-electron chi connectivity index (χ1n) is 14.5. The second kappa shape index (κ2) is 10.8. The average molecular weight is 546 g/mol. The molecule has 1 aliphatic carbocycles. The van der Waals surface area contributed by atoms with E-state index in [1.54, 1.807) is 0 Å². The van der Waals surface area contributed by atoms with Crippen molar-refractivity contribution in [1.82, 2.24) is 19.8 Å². The van der Waals surface area contributed by atoms with Gasteiger partial charge in [-0.05, 0) is 69.2 Å². The fourth-order valence-electron chi connectivity index (χ4n) is 7.36. The van der Waals surface area contributed by atoms with Crippen LogP contribution in [0.3, 0.4) is 0 Å². The number of amides is 1. The summed E-state index contributed by atoms with van der Waals surface area (Å²) < 4.78 is 6.29. The molecule has 1 aromatic heterocycles. The number of likely N-dealkylation sites (N-methyl/N-ethyl adjacent to an activating group) is 1. The van der Waals surface area contributed by atoms with Gasteiger partial charge in [-0.3, -0.25) is 0 Å². The Hall–Kier alpha value is -3.58. The van der Waals surface area contributed by atoms with E-state index < -0.39 is 12.1 Å². The predicted molar refractivity (Wildman–Crippen MR) is 152 cm³/mol. The second-order valence-electron chi connectivity index (χ2n) is 12.1. The van der Waals surface area contributed by atoms with E-state index in [1.807, 2.05) is 0 Å². The van der Waals surface area contributed by atoms with Crippen molar-refractivity contribution in [2.75, 3.05) is 63.2 Å². The highest BCUT2D eigenvalue weighted by Gasteiger charge is 2.42. The third kappa shape index (κ3) is 5.03. The summed E-state index contributed by atoms with van der Waals surface area (Å²) in [4.78, 5) is 30.1. The minimum atomic E-state index is -0.974.